The van der Waals surface area contributed by atoms with Gasteiger partial charge in [0.05, 0.1) is 0 Å². The van der Waals surface area contributed by atoms with Gasteiger partial charge in [-0.2, -0.15) is 0 Å². The molecule has 0 aliphatic rings. The van der Waals surface area contributed by atoms with E-state index in [4.69, 9.17) is 0 Å². The monoisotopic (exact) mass is 312 g/mol. The highest BCUT2D eigenvalue weighted by Gasteiger charge is 2.22. The third-order valence-corrected chi connectivity index (χ3v) is 4.20. The lowest BCUT2D eigenvalue weighted by atomic mass is 10.1. The smallest absolute Gasteiger partial charge is 0.270 e. The largest absolute Gasteiger partial charge is 0.354 e. The Bertz CT molecular complexity index is 727. The summed E-state index contributed by atoms with van der Waals surface area (Å²) in [6, 6.07) is 8.28. The summed E-state index contributed by atoms with van der Waals surface area (Å²) in [7, 11) is 1.78. The number of nitrogens with one attached hydrogen (secondary N) is 1. The molecule has 4 nitrogen and oxygen atoms in total. The molecule has 0 unspecified atom stereocenters. The van der Waals surface area contributed by atoms with Crippen LogP contribution in [0, 0.1) is 13.8 Å². The van der Waals surface area contributed by atoms with Crippen LogP contribution in [0.25, 0.3) is 0 Å². The number of carbonyl (C=O) groups excluding carboxylic acids is 2. The average molecular weight is 312 g/mol. The summed E-state index contributed by atoms with van der Waals surface area (Å²) in [4.78, 5) is 29.1. The van der Waals surface area contributed by atoms with Crippen molar-refractivity contribution in [2.45, 2.75) is 40.7 Å². The molecule has 0 saturated heterocycles. The zero-order valence-electron chi connectivity index (χ0n) is 14.5. The lowest BCUT2D eigenvalue weighted by molar-refractivity contribution is 0.0779. The third-order valence-electron chi connectivity index (χ3n) is 4.20. The van der Waals surface area contributed by atoms with Crippen LogP contribution in [0.2, 0.25) is 0 Å². The summed E-state index contributed by atoms with van der Waals surface area (Å²) in [5.74, 6) is -0.120. The zero-order valence-corrected chi connectivity index (χ0v) is 14.5. The van der Waals surface area contributed by atoms with Crippen molar-refractivity contribution in [3.63, 3.8) is 0 Å². The summed E-state index contributed by atoms with van der Waals surface area (Å²) < 4.78 is 0. The number of nitrogens with zero attached hydrogens (tertiary/aromatic N) is 1. The Morgan fingerprint density at radius 3 is 2.13 bits per heavy atom. The van der Waals surface area contributed by atoms with Gasteiger partial charge in [0, 0.05) is 24.8 Å². The first-order valence-electron chi connectivity index (χ1n) is 7.88. The van der Waals surface area contributed by atoms with Gasteiger partial charge in [-0.05, 0) is 43.9 Å². The Labute approximate surface area is 137 Å². The van der Waals surface area contributed by atoms with Crippen LogP contribution >= 0.6 is 0 Å². The highest BCUT2D eigenvalue weighted by molar-refractivity contribution is 6.02. The minimum atomic E-state index is -0.0994. The number of amides is 1. The van der Waals surface area contributed by atoms with Gasteiger partial charge in [0.2, 0.25) is 0 Å². The van der Waals surface area contributed by atoms with Gasteiger partial charge in [-0.25, -0.2) is 0 Å². The fourth-order valence-electron chi connectivity index (χ4n) is 2.91. The molecule has 1 aromatic heterocycles. The SMILES string of the molecule is CCc1ccc(CN(C)C(=O)c2[nH]c(C)c(C(C)=O)c2C)cc1. The molecule has 0 atom stereocenters. The van der Waals surface area contributed by atoms with Gasteiger partial charge in [-0.3, -0.25) is 9.59 Å². The first-order valence-corrected chi connectivity index (χ1v) is 7.88. The lowest BCUT2D eigenvalue weighted by Crippen LogP contribution is -2.27. The second-order valence-corrected chi connectivity index (χ2v) is 6.01. The van der Waals surface area contributed by atoms with E-state index in [1.807, 2.05) is 13.8 Å². The van der Waals surface area contributed by atoms with Crippen LogP contribution in [0.3, 0.4) is 0 Å². The van der Waals surface area contributed by atoms with Crippen LogP contribution in [0.15, 0.2) is 24.3 Å². The third kappa shape index (κ3) is 3.52. The molecule has 0 fully saturated rings. The highest BCUT2D eigenvalue weighted by atomic mass is 16.2. The molecule has 0 radical (unpaired) electrons. The Morgan fingerprint density at radius 2 is 1.65 bits per heavy atom. The van der Waals surface area contributed by atoms with Crippen LogP contribution in [0.5, 0.6) is 0 Å². The first kappa shape index (κ1) is 17.0. The molecule has 23 heavy (non-hydrogen) atoms. The topological polar surface area (TPSA) is 53.2 Å². The van der Waals surface area contributed by atoms with Crippen LogP contribution in [0.1, 0.15) is 57.1 Å². The molecule has 0 spiro atoms. The number of H-pyrrole nitrogens is 1. The van der Waals surface area contributed by atoms with Crippen LogP contribution in [0.4, 0.5) is 0 Å². The van der Waals surface area contributed by atoms with Crippen LogP contribution in [-0.4, -0.2) is 28.6 Å². The van der Waals surface area contributed by atoms with Gasteiger partial charge in [-0.15, -0.1) is 0 Å². The number of benzene rings is 1. The molecule has 4 heteroatoms. The Kier molecular flexibility index (Phi) is 5.04. The fraction of sp³-hybridized carbons (Fsp3) is 0.368. The Balaban J connectivity index is 2.19. The lowest BCUT2D eigenvalue weighted by Gasteiger charge is -2.17. The summed E-state index contributed by atoms with van der Waals surface area (Å²) in [5.41, 5.74) is 4.97. The molecule has 1 heterocycles. The number of ketones is 1. The Morgan fingerprint density at radius 1 is 1.09 bits per heavy atom. The second kappa shape index (κ2) is 6.82. The van der Waals surface area contributed by atoms with Gasteiger partial charge in [0.25, 0.3) is 5.91 Å². The normalized spacial score (nSPS) is 10.7. The van der Waals surface area contributed by atoms with Crippen molar-refractivity contribution in [3.8, 4) is 0 Å². The number of rotatable bonds is 5. The number of Topliss-reactive ketones (excluding diaryl/α,β-unsaturated/α-hetero) is 1. The van der Waals surface area contributed by atoms with Gasteiger partial charge in [0.15, 0.2) is 5.78 Å². The molecule has 1 aromatic carbocycles. The molecular weight excluding hydrogens is 288 g/mol. The maximum atomic E-state index is 12.7. The molecule has 1 amide bonds. The van der Waals surface area contributed by atoms with E-state index in [9.17, 15) is 9.59 Å². The van der Waals surface area contributed by atoms with Crippen molar-refractivity contribution >= 4 is 11.7 Å². The molecule has 2 aromatic rings. The molecule has 0 aliphatic heterocycles. The van der Waals surface area contributed by atoms with Gasteiger partial charge in [-0.1, -0.05) is 31.2 Å². The number of carbonyl (C=O) groups is 2. The van der Waals surface area contributed by atoms with Crippen molar-refractivity contribution in [1.29, 1.82) is 0 Å². The van der Waals surface area contributed by atoms with Crippen molar-refractivity contribution in [3.05, 3.63) is 57.9 Å². The predicted octanol–water partition coefficient (Wildman–Crippen LogP) is 3.67. The number of aromatic nitrogens is 1. The molecule has 2 rings (SSSR count). The Hall–Kier alpha value is -2.36. The fourth-order valence-corrected chi connectivity index (χ4v) is 2.91. The molecule has 0 saturated carbocycles. The van der Waals surface area contributed by atoms with E-state index in [1.54, 1.807) is 11.9 Å². The van der Waals surface area contributed by atoms with Crippen molar-refractivity contribution in [1.82, 2.24) is 9.88 Å². The standard InChI is InChI=1S/C19H24N2O2/c1-6-15-7-9-16(10-8-15)11-21(5)19(23)18-12(2)17(14(4)22)13(3)20-18/h7-10,20H,6,11H2,1-5H3. The molecular formula is C19H24N2O2. The summed E-state index contributed by atoms with van der Waals surface area (Å²) in [6.45, 7) is 7.82. The summed E-state index contributed by atoms with van der Waals surface area (Å²) in [6.07, 6.45) is 1.00. The number of aromatic amines is 1. The van der Waals surface area contributed by atoms with Gasteiger partial charge in [0.1, 0.15) is 5.69 Å². The molecule has 122 valence electrons. The minimum absolute atomic E-state index is 0.0203. The first-order chi connectivity index (χ1) is 10.8. The van der Waals surface area contributed by atoms with Crippen LogP contribution in [-0.2, 0) is 13.0 Å². The number of hydrogen-bond acceptors (Lipinski definition) is 2. The van der Waals surface area contributed by atoms with Gasteiger partial charge < -0.3 is 9.88 Å². The van der Waals surface area contributed by atoms with E-state index in [2.05, 4.69) is 36.2 Å². The molecule has 1 N–H and O–H groups in total. The average Bonchev–Trinajstić information content (AvgIpc) is 2.82. The quantitative estimate of drug-likeness (QED) is 0.856. The number of hydrogen-bond donors (Lipinski definition) is 1. The van der Waals surface area contributed by atoms with Gasteiger partial charge >= 0.3 is 0 Å². The van der Waals surface area contributed by atoms with E-state index in [-0.39, 0.29) is 11.7 Å². The van der Waals surface area contributed by atoms with E-state index in [0.29, 0.717) is 17.8 Å². The second-order valence-electron chi connectivity index (χ2n) is 6.01. The maximum Gasteiger partial charge on any atom is 0.270 e. The van der Waals surface area contributed by atoms with E-state index >= 15 is 0 Å². The van der Waals surface area contributed by atoms with Crippen molar-refractivity contribution < 1.29 is 9.59 Å². The minimum Gasteiger partial charge on any atom is -0.354 e. The zero-order chi connectivity index (χ0) is 17.1. The van der Waals surface area contributed by atoms with E-state index < -0.39 is 0 Å². The maximum absolute atomic E-state index is 12.7. The van der Waals surface area contributed by atoms with Crippen molar-refractivity contribution in [2.24, 2.45) is 0 Å². The molecule has 0 aliphatic carbocycles. The number of aryl methyl sites for hydroxylation is 2. The molecule has 0 bridgehead atoms. The van der Waals surface area contributed by atoms with E-state index in [1.165, 1.54) is 12.5 Å². The van der Waals surface area contributed by atoms with E-state index in [0.717, 1.165) is 23.2 Å². The summed E-state index contributed by atoms with van der Waals surface area (Å²) in [5, 5.41) is 0. The summed E-state index contributed by atoms with van der Waals surface area (Å²) >= 11 is 0. The highest BCUT2D eigenvalue weighted by Crippen LogP contribution is 2.20. The predicted molar refractivity (Wildman–Crippen MR) is 91.9 cm³/mol. The van der Waals surface area contributed by atoms with Crippen LogP contribution < -0.4 is 0 Å². The van der Waals surface area contributed by atoms with Crippen molar-refractivity contribution in [2.75, 3.05) is 7.05 Å².